The van der Waals surface area contributed by atoms with Crippen LogP contribution in [0.4, 0.5) is 15.8 Å². The van der Waals surface area contributed by atoms with Crippen LogP contribution in [0.1, 0.15) is 23.1 Å². The molecule has 0 amide bonds. The predicted molar refractivity (Wildman–Crippen MR) is 82.5 cm³/mol. The Morgan fingerprint density at radius 1 is 1.20 bits per heavy atom. The maximum Gasteiger partial charge on any atom is 0.125 e. The fraction of sp³-hybridized carbons (Fsp3) is 0.294. The first-order valence-corrected chi connectivity index (χ1v) is 7.43. The third kappa shape index (κ3) is 2.53. The molecule has 0 atom stereocenters. The highest BCUT2D eigenvalue weighted by molar-refractivity contribution is 6.17. The number of benzene rings is 2. The molecule has 1 heterocycles. The average molecular weight is 290 g/mol. The molecule has 0 aromatic heterocycles. The Kier molecular flexibility index (Phi) is 3.66. The topological polar surface area (TPSA) is 3.24 Å². The van der Waals surface area contributed by atoms with Crippen molar-refractivity contribution in [1.82, 2.24) is 0 Å². The molecule has 0 saturated heterocycles. The summed E-state index contributed by atoms with van der Waals surface area (Å²) < 4.78 is 13.7. The average Bonchev–Trinajstić information content (AvgIpc) is 2.45. The number of alkyl halides is 1. The number of halogens is 2. The van der Waals surface area contributed by atoms with E-state index < -0.39 is 0 Å². The van der Waals surface area contributed by atoms with E-state index in [9.17, 15) is 4.39 Å². The first-order valence-electron chi connectivity index (χ1n) is 6.90. The standard InChI is InChI=1S/C17H17ClFN/c1-12-4-5-17-14(7-12)3-2-6-20(17)16-9-13(11-18)8-15(19)10-16/h4-5,7-10H,2-3,6,11H2,1H3. The minimum atomic E-state index is -0.225. The molecule has 0 N–H and O–H groups in total. The van der Waals surface area contributed by atoms with Crippen molar-refractivity contribution in [2.75, 3.05) is 11.4 Å². The smallest absolute Gasteiger partial charge is 0.125 e. The van der Waals surface area contributed by atoms with Gasteiger partial charge in [-0.05, 0) is 55.2 Å². The van der Waals surface area contributed by atoms with Gasteiger partial charge in [0, 0.05) is 23.8 Å². The summed E-state index contributed by atoms with van der Waals surface area (Å²) in [5.74, 6) is 0.108. The van der Waals surface area contributed by atoms with Gasteiger partial charge in [-0.15, -0.1) is 11.6 Å². The third-order valence-corrected chi connectivity index (χ3v) is 4.07. The Hall–Kier alpha value is -1.54. The number of anilines is 2. The summed E-state index contributed by atoms with van der Waals surface area (Å²) >= 11 is 5.85. The molecular weight excluding hydrogens is 273 g/mol. The molecule has 1 aliphatic rings. The number of nitrogens with zero attached hydrogens (tertiary/aromatic N) is 1. The van der Waals surface area contributed by atoms with Crippen LogP contribution in [-0.4, -0.2) is 6.54 Å². The van der Waals surface area contributed by atoms with E-state index >= 15 is 0 Å². The zero-order valence-electron chi connectivity index (χ0n) is 11.5. The van der Waals surface area contributed by atoms with E-state index in [1.165, 1.54) is 22.9 Å². The Morgan fingerprint density at radius 3 is 2.85 bits per heavy atom. The Morgan fingerprint density at radius 2 is 2.05 bits per heavy atom. The number of aryl methyl sites for hydroxylation is 2. The van der Waals surface area contributed by atoms with Gasteiger partial charge in [0.1, 0.15) is 5.82 Å². The molecule has 1 nitrogen and oxygen atoms in total. The summed E-state index contributed by atoms with van der Waals surface area (Å²) in [6.45, 7) is 3.02. The number of hydrogen-bond acceptors (Lipinski definition) is 1. The summed E-state index contributed by atoms with van der Waals surface area (Å²) in [5, 5.41) is 0. The SMILES string of the molecule is Cc1ccc2c(c1)CCCN2c1cc(F)cc(CCl)c1. The molecule has 3 rings (SSSR count). The van der Waals surface area contributed by atoms with Crippen LogP contribution in [0.3, 0.4) is 0 Å². The van der Waals surface area contributed by atoms with Crippen LogP contribution in [-0.2, 0) is 12.3 Å². The van der Waals surface area contributed by atoms with Crippen LogP contribution < -0.4 is 4.90 Å². The number of rotatable bonds is 2. The van der Waals surface area contributed by atoms with Gasteiger partial charge in [0.2, 0.25) is 0 Å². The van der Waals surface area contributed by atoms with Crippen molar-refractivity contribution in [2.24, 2.45) is 0 Å². The molecule has 0 aliphatic carbocycles. The molecule has 3 heteroatoms. The van der Waals surface area contributed by atoms with Gasteiger partial charge in [0.15, 0.2) is 0 Å². The van der Waals surface area contributed by atoms with Crippen LogP contribution in [0, 0.1) is 12.7 Å². The maximum atomic E-state index is 13.7. The zero-order chi connectivity index (χ0) is 14.1. The largest absolute Gasteiger partial charge is 0.341 e. The lowest BCUT2D eigenvalue weighted by molar-refractivity contribution is 0.625. The Labute approximate surface area is 124 Å². The lowest BCUT2D eigenvalue weighted by Crippen LogP contribution is -2.24. The summed E-state index contributed by atoms with van der Waals surface area (Å²) in [6.07, 6.45) is 2.17. The monoisotopic (exact) mass is 289 g/mol. The molecule has 0 bridgehead atoms. The van der Waals surface area contributed by atoms with Gasteiger partial charge in [-0.25, -0.2) is 4.39 Å². The van der Waals surface area contributed by atoms with Crippen LogP contribution in [0.25, 0.3) is 0 Å². The number of fused-ring (bicyclic) bond motifs is 1. The maximum absolute atomic E-state index is 13.7. The zero-order valence-corrected chi connectivity index (χ0v) is 12.3. The van der Waals surface area contributed by atoms with Crippen LogP contribution in [0.2, 0.25) is 0 Å². The summed E-state index contributed by atoms with van der Waals surface area (Å²) in [7, 11) is 0. The Bertz CT molecular complexity index is 639. The summed E-state index contributed by atoms with van der Waals surface area (Å²) in [4.78, 5) is 2.19. The van der Waals surface area contributed by atoms with Crippen molar-refractivity contribution >= 4 is 23.0 Å². The van der Waals surface area contributed by atoms with Crippen molar-refractivity contribution in [3.8, 4) is 0 Å². The van der Waals surface area contributed by atoms with Gasteiger partial charge < -0.3 is 4.90 Å². The van der Waals surface area contributed by atoms with E-state index in [-0.39, 0.29) is 5.82 Å². The molecule has 0 saturated carbocycles. The highest BCUT2D eigenvalue weighted by atomic mass is 35.5. The van der Waals surface area contributed by atoms with Crippen molar-refractivity contribution in [3.63, 3.8) is 0 Å². The van der Waals surface area contributed by atoms with Crippen molar-refractivity contribution in [1.29, 1.82) is 0 Å². The second-order valence-electron chi connectivity index (χ2n) is 5.34. The summed E-state index contributed by atoms with van der Waals surface area (Å²) in [5.41, 5.74) is 5.51. The van der Waals surface area contributed by atoms with E-state index in [0.29, 0.717) is 5.88 Å². The molecule has 20 heavy (non-hydrogen) atoms. The molecular formula is C17H17ClFN. The van der Waals surface area contributed by atoms with Gasteiger partial charge in [0.05, 0.1) is 0 Å². The van der Waals surface area contributed by atoms with Gasteiger partial charge in [-0.1, -0.05) is 17.7 Å². The van der Waals surface area contributed by atoms with E-state index in [1.807, 2.05) is 6.07 Å². The van der Waals surface area contributed by atoms with Crippen LogP contribution in [0.5, 0.6) is 0 Å². The molecule has 1 aliphatic heterocycles. The highest BCUT2D eigenvalue weighted by Gasteiger charge is 2.19. The molecule has 2 aromatic rings. The molecule has 2 aromatic carbocycles. The molecule has 0 radical (unpaired) electrons. The molecule has 0 fully saturated rings. The molecule has 104 valence electrons. The Balaban J connectivity index is 2.06. The second-order valence-corrected chi connectivity index (χ2v) is 5.61. The third-order valence-electron chi connectivity index (χ3n) is 3.76. The van der Waals surface area contributed by atoms with E-state index in [0.717, 1.165) is 30.6 Å². The van der Waals surface area contributed by atoms with E-state index in [2.05, 4.69) is 30.0 Å². The van der Waals surface area contributed by atoms with E-state index in [4.69, 9.17) is 11.6 Å². The van der Waals surface area contributed by atoms with Crippen molar-refractivity contribution < 1.29 is 4.39 Å². The normalized spacial score (nSPS) is 14.2. The fourth-order valence-electron chi connectivity index (χ4n) is 2.86. The van der Waals surface area contributed by atoms with Crippen LogP contribution >= 0.6 is 11.6 Å². The van der Waals surface area contributed by atoms with Gasteiger partial charge in [-0.3, -0.25) is 0 Å². The van der Waals surface area contributed by atoms with Gasteiger partial charge in [-0.2, -0.15) is 0 Å². The molecule has 0 spiro atoms. The predicted octanol–water partition coefficient (Wildman–Crippen LogP) is 4.96. The van der Waals surface area contributed by atoms with Crippen molar-refractivity contribution in [3.05, 3.63) is 58.9 Å². The quantitative estimate of drug-likeness (QED) is 0.707. The first-order chi connectivity index (χ1) is 9.67. The minimum Gasteiger partial charge on any atom is -0.341 e. The first kappa shape index (κ1) is 13.4. The minimum absolute atomic E-state index is 0.225. The fourth-order valence-corrected chi connectivity index (χ4v) is 3.01. The lowest BCUT2D eigenvalue weighted by atomic mass is 9.99. The summed E-state index contributed by atoms with van der Waals surface area (Å²) in [6, 6.07) is 11.5. The van der Waals surface area contributed by atoms with Crippen LogP contribution in [0.15, 0.2) is 36.4 Å². The van der Waals surface area contributed by atoms with Gasteiger partial charge in [0.25, 0.3) is 0 Å². The second kappa shape index (κ2) is 5.45. The number of hydrogen-bond donors (Lipinski definition) is 0. The highest BCUT2D eigenvalue weighted by Crippen LogP contribution is 2.34. The van der Waals surface area contributed by atoms with E-state index in [1.54, 1.807) is 6.07 Å². The van der Waals surface area contributed by atoms with Crippen molar-refractivity contribution in [2.45, 2.75) is 25.6 Å². The lowest BCUT2D eigenvalue weighted by Gasteiger charge is -2.32. The molecule has 0 unspecified atom stereocenters. The van der Waals surface area contributed by atoms with Gasteiger partial charge >= 0.3 is 0 Å².